The molecule has 2 nitrogen and oxygen atoms in total. The number of anilines is 1. The van der Waals surface area contributed by atoms with Crippen LogP contribution in [0.15, 0.2) is 133 Å². The topological polar surface area (TPSA) is 29.1 Å². The summed E-state index contributed by atoms with van der Waals surface area (Å²) >= 11 is 0. The standard InChI is InChI=1S/C32H25NO/c34-32(29-9-5-2-6-10-29)30-13-11-24(12-14-30)23-33-31-21-19-28(20-22-31)27-17-15-26(16-18-27)25-7-3-1-4-8-25/h1-22,33H,23H2. The van der Waals surface area contributed by atoms with Crippen molar-refractivity contribution in [1.29, 1.82) is 0 Å². The zero-order chi connectivity index (χ0) is 23.2. The van der Waals surface area contributed by atoms with Crippen LogP contribution in [0.1, 0.15) is 21.5 Å². The van der Waals surface area contributed by atoms with Crippen molar-refractivity contribution < 1.29 is 4.79 Å². The van der Waals surface area contributed by atoms with E-state index in [9.17, 15) is 4.79 Å². The normalized spacial score (nSPS) is 10.6. The molecule has 0 aliphatic rings. The van der Waals surface area contributed by atoms with Crippen LogP contribution in [-0.4, -0.2) is 5.78 Å². The summed E-state index contributed by atoms with van der Waals surface area (Å²) in [6.07, 6.45) is 0. The Labute approximate surface area is 200 Å². The van der Waals surface area contributed by atoms with E-state index >= 15 is 0 Å². The number of nitrogens with one attached hydrogen (secondary N) is 1. The monoisotopic (exact) mass is 439 g/mol. The fourth-order valence-electron chi connectivity index (χ4n) is 4.00. The van der Waals surface area contributed by atoms with Gasteiger partial charge in [0.05, 0.1) is 0 Å². The Kier molecular flexibility index (Phi) is 6.31. The molecule has 0 bridgehead atoms. The first-order valence-electron chi connectivity index (χ1n) is 11.4. The summed E-state index contributed by atoms with van der Waals surface area (Å²) < 4.78 is 0. The third-order valence-corrected chi connectivity index (χ3v) is 5.96. The summed E-state index contributed by atoms with van der Waals surface area (Å²) in [7, 11) is 0. The SMILES string of the molecule is O=C(c1ccccc1)c1ccc(CNc2ccc(-c3ccc(-c4ccccc4)cc3)cc2)cc1. The Morgan fingerprint density at radius 2 is 0.912 bits per heavy atom. The van der Waals surface area contributed by atoms with E-state index in [1.54, 1.807) is 0 Å². The highest BCUT2D eigenvalue weighted by atomic mass is 16.1. The molecule has 1 N–H and O–H groups in total. The van der Waals surface area contributed by atoms with Crippen molar-refractivity contribution in [3.05, 3.63) is 150 Å². The van der Waals surface area contributed by atoms with Gasteiger partial charge in [-0.05, 0) is 39.9 Å². The van der Waals surface area contributed by atoms with Gasteiger partial charge in [-0.1, -0.05) is 121 Å². The second-order valence-corrected chi connectivity index (χ2v) is 8.27. The van der Waals surface area contributed by atoms with Gasteiger partial charge < -0.3 is 5.32 Å². The minimum Gasteiger partial charge on any atom is -0.381 e. The molecule has 0 amide bonds. The molecule has 0 aliphatic carbocycles. The Morgan fingerprint density at radius 1 is 0.471 bits per heavy atom. The van der Waals surface area contributed by atoms with Crippen molar-refractivity contribution in [2.45, 2.75) is 6.54 Å². The molecule has 0 aromatic heterocycles. The van der Waals surface area contributed by atoms with E-state index in [0.717, 1.165) is 11.3 Å². The summed E-state index contributed by atoms with van der Waals surface area (Å²) in [5.41, 5.74) is 8.45. The largest absolute Gasteiger partial charge is 0.381 e. The average molecular weight is 440 g/mol. The summed E-state index contributed by atoms with van der Waals surface area (Å²) in [6.45, 7) is 0.699. The molecule has 0 fully saturated rings. The van der Waals surface area contributed by atoms with Gasteiger partial charge >= 0.3 is 0 Å². The Hall–Kier alpha value is -4.43. The smallest absolute Gasteiger partial charge is 0.193 e. The highest BCUT2D eigenvalue weighted by molar-refractivity contribution is 6.08. The van der Waals surface area contributed by atoms with E-state index in [4.69, 9.17) is 0 Å². The van der Waals surface area contributed by atoms with E-state index in [2.05, 4.69) is 78.1 Å². The fraction of sp³-hybridized carbons (Fsp3) is 0.0312. The van der Waals surface area contributed by atoms with E-state index in [0.29, 0.717) is 17.7 Å². The molecule has 0 atom stereocenters. The molecular formula is C32H25NO. The second kappa shape index (κ2) is 10.0. The maximum Gasteiger partial charge on any atom is 0.193 e. The number of hydrogen-bond donors (Lipinski definition) is 1. The van der Waals surface area contributed by atoms with Crippen LogP contribution in [0, 0.1) is 0 Å². The van der Waals surface area contributed by atoms with Crippen molar-refractivity contribution in [3.8, 4) is 22.3 Å². The number of ketones is 1. The number of carbonyl (C=O) groups is 1. The summed E-state index contributed by atoms with van der Waals surface area (Å²) in [6, 6.07) is 44.8. The van der Waals surface area contributed by atoms with E-state index in [1.807, 2.05) is 60.7 Å². The number of hydrogen-bond acceptors (Lipinski definition) is 2. The second-order valence-electron chi connectivity index (χ2n) is 8.27. The van der Waals surface area contributed by atoms with Crippen LogP contribution < -0.4 is 5.32 Å². The van der Waals surface area contributed by atoms with Crippen LogP contribution in [0.4, 0.5) is 5.69 Å². The molecule has 5 rings (SSSR count). The Balaban J connectivity index is 1.20. The average Bonchev–Trinajstić information content (AvgIpc) is 2.93. The van der Waals surface area contributed by atoms with Crippen LogP contribution in [0.5, 0.6) is 0 Å². The molecule has 0 unspecified atom stereocenters. The lowest BCUT2D eigenvalue weighted by atomic mass is 10.0. The minimum atomic E-state index is 0.0486. The van der Waals surface area contributed by atoms with E-state index in [-0.39, 0.29) is 5.78 Å². The van der Waals surface area contributed by atoms with Crippen LogP contribution in [-0.2, 0) is 6.54 Å². The quantitative estimate of drug-likeness (QED) is 0.261. The van der Waals surface area contributed by atoms with Crippen molar-refractivity contribution >= 4 is 11.5 Å². The van der Waals surface area contributed by atoms with Gasteiger partial charge in [0.1, 0.15) is 0 Å². The zero-order valence-corrected chi connectivity index (χ0v) is 18.8. The van der Waals surface area contributed by atoms with Crippen molar-refractivity contribution in [2.24, 2.45) is 0 Å². The van der Waals surface area contributed by atoms with E-state index < -0.39 is 0 Å². The molecule has 2 heteroatoms. The van der Waals surface area contributed by atoms with Crippen molar-refractivity contribution in [1.82, 2.24) is 0 Å². The zero-order valence-electron chi connectivity index (χ0n) is 18.8. The first-order chi connectivity index (χ1) is 16.8. The van der Waals surface area contributed by atoms with Gasteiger partial charge in [-0.2, -0.15) is 0 Å². The lowest BCUT2D eigenvalue weighted by Crippen LogP contribution is -2.03. The number of carbonyl (C=O) groups excluding carboxylic acids is 1. The number of benzene rings is 5. The molecule has 0 heterocycles. The lowest BCUT2D eigenvalue weighted by molar-refractivity contribution is 0.103. The van der Waals surface area contributed by atoms with Gasteiger partial charge in [0.25, 0.3) is 0 Å². The number of rotatable bonds is 7. The molecular weight excluding hydrogens is 414 g/mol. The minimum absolute atomic E-state index is 0.0486. The molecule has 5 aromatic rings. The van der Waals surface area contributed by atoms with Gasteiger partial charge in [-0.15, -0.1) is 0 Å². The first-order valence-corrected chi connectivity index (χ1v) is 11.4. The first kappa shape index (κ1) is 21.4. The maximum absolute atomic E-state index is 12.6. The van der Waals surface area contributed by atoms with Crippen LogP contribution in [0.25, 0.3) is 22.3 Å². The van der Waals surface area contributed by atoms with Gasteiger partial charge in [-0.25, -0.2) is 0 Å². The molecule has 164 valence electrons. The highest BCUT2D eigenvalue weighted by Gasteiger charge is 2.08. The Bertz CT molecular complexity index is 1360. The van der Waals surface area contributed by atoms with Crippen molar-refractivity contribution in [2.75, 3.05) is 5.32 Å². The summed E-state index contributed by atoms with van der Waals surface area (Å²) in [5, 5.41) is 3.47. The van der Waals surface area contributed by atoms with E-state index in [1.165, 1.54) is 22.3 Å². The summed E-state index contributed by atoms with van der Waals surface area (Å²) in [4.78, 5) is 12.6. The predicted octanol–water partition coefficient (Wildman–Crippen LogP) is 7.86. The third-order valence-electron chi connectivity index (χ3n) is 5.96. The molecule has 0 saturated heterocycles. The van der Waals surface area contributed by atoms with Crippen LogP contribution >= 0.6 is 0 Å². The molecule has 0 spiro atoms. The van der Waals surface area contributed by atoms with Crippen LogP contribution in [0.2, 0.25) is 0 Å². The van der Waals surface area contributed by atoms with Gasteiger partial charge in [0.15, 0.2) is 5.78 Å². The lowest BCUT2D eigenvalue weighted by Gasteiger charge is -2.09. The molecule has 0 radical (unpaired) electrons. The Morgan fingerprint density at radius 3 is 1.47 bits per heavy atom. The van der Waals surface area contributed by atoms with Gasteiger partial charge in [-0.3, -0.25) is 4.79 Å². The fourth-order valence-corrected chi connectivity index (χ4v) is 4.00. The third kappa shape index (κ3) is 4.97. The summed E-state index contributed by atoms with van der Waals surface area (Å²) in [5.74, 6) is 0.0486. The molecule has 0 aliphatic heterocycles. The van der Waals surface area contributed by atoms with Gasteiger partial charge in [0.2, 0.25) is 0 Å². The van der Waals surface area contributed by atoms with Crippen LogP contribution in [0.3, 0.4) is 0 Å². The molecule has 0 saturated carbocycles. The van der Waals surface area contributed by atoms with Gasteiger partial charge in [0, 0.05) is 23.4 Å². The van der Waals surface area contributed by atoms with Crippen molar-refractivity contribution in [3.63, 3.8) is 0 Å². The predicted molar refractivity (Wildman–Crippen MR) is 141 cm³/mol. The molecule has 5 aromatic carbocycles. The molecule has 34 heavy (non-hydrogen) atoms. The maximum atomic E-state index is 12.6. The highest BCUT2D eigenvalue weighted by Crippen LogP contribution is 2.26.